The Morgan fingerprint density at radius 1 is 0.893 bits per heavy atom. The van der Waals surface area contributed by atoms with Gasteiger partial charge in [-0.05, 0) is 36.2 Å². The number of anilines is 1. The lowest BCUT2D eigenvalue weighted by atomic mass is 10.1. The molecule has 0 aliphatic carbocycles. The van der Waals surface area contributed by atoms with E-state index in [9.17, 15) is 13.2 Å². The number of sulfone groups is 1. The van der Waals surface area contributed by atoms with Crippen molar-refractivity contribution in [2.24, 2.45) is 0 Å². The van der Waals surface area contributed by atoms with Crippen molar-refractivity contribution in [3.05, 3.63) is 78.4 Å². The zero-order valence-electron chi connectivity index (χ0n) is 15.4. The highest BCUT2D eigenvalue weighted by Crippen LogP contribution is 2.44. The second-order valence-corrected chi connectivity index (χ2v) is 8.59. The second-order valence-electron chi connectivity index (χ2n) is 6.71. The fourth-order valence-corrected chi connectivity index (χ4v) is 5.08. The molecule has 3 aromatic rings. The minimum atomic E-state index is -3.49. The molecule has 0 bridgehead atoms. The molecule has 1 heterocycles. The summed E-state index contributed by atoms with van der Waals surface area (Å²) in [5, 5.41) is 2.90. The summed E-state index contributed by atoms with van der Waals surface area (Å²) in [4.78, 5) is 14.6. The first kappa shape index (κ1) is 18.3. The predicted octanol–water partition coefficient (Wildman–Crippen LogP) is 3.89. The average Bonchev–Trinajstić information content (AvgIpc) is 2.95. The highest BCUT2D eigenvalue weighted by atomic mass is 32.2. The van der Waals surface area contributed by atoms with Gasteiger partial charge < -0.3 is 5.32 Å². The van der Waals surface area contributed by atoms with Crippen molar-refractivity contribution in [2.45, 2.75) is 16.2 Å². The maximum absolute atomic E-state index is 12.7. The average molecular weight is 392 g/mol. The van der Waals surface area contributed by atoms with Crippen LogP contribution in [0.5, 0.6) is 0 Å². The van der Waals surface area contributed by atoms with E-state index >= 15 is 0 Å². The maximum atomic E-state index is 12.7. The van der Waals surface area contributed by atoms with E-state index in [1.54, 1.807) is 43.4 Å². The molecule has 3 aromatic carbocycles. The minimum Gasteiger partial charge on any atom is -0.337 e. The van der Waals surface area contributed by atoms with Crippen LogP contribution < -0.4 is 10.2 Å². The molecule has 28 heavy (non-hydrogen) atoms. The number of rotatable bonds is 4. The normalized spacial score (nSPS) is 13.5. The summed E-state index contributed by atoms with van der Waals surface area (Å²) in [6.07, 6.45) is 0.746. The highest BCUT2D eigenvalue weighted by molar-refractivity contribution is 7.92. The van der Waals surface area contributed by atoms with Crippen molar-refractivity contribution < 1.29 is 13.2 Å². The highest BCUT2D eigenvalue weighted by Gasteiger charge is 2.33. The van der Waals surface area contributed by atoms with Crippen LogP contribution in [0.4, 0.5) is 10.5 Å². The van der Waals surface area contributed by atoms with E-state index in [4.69, 9.17) is 0 Å². The van der Waals surface area contributed by atoms with E-state index in [1.807, 2.05) is 36.4 Å². The number of amides is 2. The molecular weight excluding hydrogens is 372 g/mol. The van der Waals surface area contributed by atoms with Crippen LogP contribution in [-0.2, 0) is 16.3 Å². The molecule has 0 saturated carbocycles. The first-order valence-corrected chi connectivity index (χ1v) is 10.5. The van der Waals surface area contributed by atoms with Crippen molar-refractivity contribution in [1.29, 1.82) is 0 Å². The maximum Gasteiger partial charge on any atom is 0.321 e. The number of nitrogens with zero attached hydrogens (tertiary/aromatic N) is 1. The van der Waals surface area contributed by atoms with Gasteiger partial charge in [-0.1, -0.05) is 48.5 Å². The number of benzene rings is 3. The van der Waals surface area contributed by atoms with Crippen LogP contribution in [0.2, 0.25) is 0 Å². The molecule has 142 valence electrons. The molecule has 1 aliphatic rings. The SMILES string of the molecule is CN(C(=O)NCCc1ccccc1)c1ccc2c(c1)-c1ccccc1S2(=O)=O. The topological polar surface area (TPSA) is 66.5 Å². The quantitative estimate of drug-likeness (QED) is 0.573. The van der Waals surface area contributed by atoms with Crippen molar-refractivity contribution in [3.8, 4) is 11.1 Å². The fraction of sp³-hybridized carbons (Fsp3) is 0.136. The van der Waals surface area contributed by atoms with Crippen LogP contribution in [0, 0.1) is 0 Å². The van der Waals surface area contributed by atoms with Crippen LogP contribution in [0.15, 0.2) is 82.6 Å². The van der Waals surface area contributed by atoms with E-state index in [0.29, 0.717) is 28.3 Å². The molecule has 6 heteroatoms. The lowest BCUT2D eigenvalue weighted by molar-refractivity contribution is 0.247. The van der Waals surface area contributed by atoms with Crippen molar-refractivity contribution in [2.75, 3.05) is 18.5 Å². The molecule has 0 spiro atoms. The Labute approximate surface area is 164 Å². The van der Waals surface area contributed by atoms with Gasteiger partial charge in [0, 0.05) is 30.4 Å². The first-order valence-electron chi connectivity index (χ1n) is 9.02. The Bertz CT molecular complexity index is 1140. The number of carbonyl (C=O) groups is 1. The largest absolute Gasteiger partial charge is 0.337 e. The van der Waals surface area contributed by atoms with Gasteiger partial charge in [0.1, 0.15) is 0 Å². The Kier molecular flexibility index (Phi) is 4.65. The van der Waals surface area contributed by atoms with Crippen LogP contribution >= 0.6 is 0 Å². The van der Waals surface area contributed by atoms with Gasteiger partial charge in [-0.3, -0.25) is 4.90 Å². The van der Waals surface area contributed by atoms with Crippen LogP contribution in [0.1, 0.15) is 5.56 Å². The third-order valence-electron chi connectivity index (χ3n) is 4.94. The first-order chi connectivity index (χ1) is 13.5. The monoisotopic (exact) mass is 392 g/mol. The summed E-state index contributed by atoms with van der Waals surface area (Å²) in [5.74, 6) is 0. The predicted molar refractivity (Wildman–Crippen MR) is 109 cm³/mol. The minimum absolute atomic E-state index is 0.231. The van der Waals surface area contributed by atoms with Gasteiger partial charge >= 0.3 is 6.03 Å². The number of fused-ring (bicyclic) bond motifs is 3. The summed E-state index contributed by atoms with van der Waals surface area (Å²) in [6.45, 7) is 0.523. The van der Waals surface area contributed by atoms with E-state index in [2.05, 4.69) is 5.32 Å². The Morgan fingerprint density at radius 2 is 1.57 bits per heavy atom. The van der Waals surface area contributed by atoms with Crippen molar-refractivity contribution in [1.82, 2.24) is 5.32 Å². The summed E-state index contributed by atoms with van der Waals surface area (Å²) < 4.78 is 25.3. The lowest BCUT2D eigenvalue weighted by Gasteiger charge is -2.19. The molecule has 0 radical (unpaired) electrons. The summed E-state index contributed by atoms with van der Waals surface area (Å²) in [7, 11) is -1.82. The molecule has 2 amide bonds. The summed E-state index contributed by atoms with van der Waals surface area (Å²) in [6, 6.07) is 21.7. The molecule has 0 unspecified atom stereocenters. The molecule has 1 aliphatic heterocycles. The Hall–Kier alpha value is -3.12. The number of carbonyl (C=O) groups excluding carboxylic acids is 1. The van der Waals surface area contributed by atoms with Crippen molar-refractivity contribution >= 4 is 21.6 Å². The van der Waals surface area contributed by atoms with Gasteiger partial charge in [0.25, 0.3) is 0 Å². The lowest BCUT2D eigenvalue weighted by Crippen LogP contribution is -2.38. The molecule has 0 aromatic heterocycles. The van der Waals surface area contributed by atoms with Gasteiger partial charge in [-0.25, -0.2) is 13.2 Å². The van der Waals surface area contributed by atoms with Crippen LogP contribution in [0.3, 0.4) is 0 Å². The molecule has 0 atom stereocenters. The van der Waals surface area contributed by atoms with Gasteiger partial charge in [-0.2, -0.15) is 0 Å². The van der Waals surface area contributed by atoms with Crippen molar-refractivity contribution in [3.63, 3.8) is 0 Å². The molecule has 5 nitrogen and oxygen atoms in total. The van der Waals surface area contributed by atoms with Gasteiger partial charge in [0.2, 0.25) is 9.84 Å². The molecule has 0 saturated heterocycles. The molecule has 4 rings (SSSR count). The molecular formula is C22H20N2O3S. The number of nitrogens with one attached hydrogen (secondary N) is 1. The molecule has 1 N–H and O–H groups in total. The van der Waals surface area contributed by atoms with E-state index in [0.717, 1.165) is 12.0 Å². The third kappa shape index (κ3) is 3.16. The summed E-state index contributed by atoms with van der Waals surface area (Å²) >= 11 is 0. The van der Waals surface area contributed by atoms with Gasteiger partial charge in [-0.15, -0.1) is 0 Å². The third-order valence-corrected chi connectivity index (χ3v) is 6.81. The van der Waals surface area contributed by atoms with Gasteiger partial charge in [0.15, 0.2) is 0 Å². The van der Waals surface area contributed by atoms with Crippen LogP contribution in [0.25, 0.3) is 11.1 Å². The van der Waals surface area contributed by atoms with E-state index < -0.39 is 9.84 Å². The zero-order chi connectivity index (χ0) is 19.7. The van der Waals surface area contributed by atoms with E-state index in [1.165, 1.54) is 4.90 Å². The zero-order valence-corrected chi connectivity index (χ0v) is 16.2. The Morgan fingerprint density at radius 3 is 2.36 bits per heavy atom. The van der Waals surface area contributed by atoms with Gasteiger partial charge in [0.05, 0.1) is 9.79 Å². The Balaban J connectivity index is 1.52. The smallest absolute Gasteiger partial charge is 0.321 e. The molecule has 0 fully saturated rings. The number of hydrogen-bond donors (Lipinski definition) is 1. The van der Waals surface area contributed by atoms with Crippen LogP contribution in [-0.4, -0.2) is 28.0 Å². The number of urea groups is 1. The fourth-order valence-electron chi connectivity index (χ4n) is 3.41. The second kappa shape index (κ2) is 7.13. The number of hydrogen-bond acceptors (Lipinski definition) is 3. The summed E-state index contributed by atoms with van der Waals surface area (Å²) in [5.41, 5.74) is 3.11. The standard InChI is InChI=1S/C22H20N2O3S/c1-24(22(25)23-14-13-16-7-3-2-4-8-16)17-11-12-21-19(15-17)18-9-5-6-10-20(18)28(21,26)27/h2-12,15H,13-14H2,1H3,(H,23,25). The van der Waals surface area contributed by atoms with E-state index in [-0.39, 0.29) is 10.9 Å².